The van der Waals surface area contributed by atoms with Crippen molar-refractivity contribution < 1.29 is 9.47 Å². The number of nitrogens with one attached hydrogen (secondary N) is 1. The molecule has 1 heterocycles. The standard InChI is InChI=1S/C24H23Cl2N5O2S/c1-32-23-14-17(10-11-22(23)33-16-19-20(25)8-5-9-21(19)26)15-27-12-13-34-24-28-29-30-31(24)18-6-3-2-4-7-18/h2-11,14,27H,12-13,15-16H2,1H3. The Bertz CT molecular complexity index is 1200. The summed E-state index contributed by atoms with van der Waals surface area (Å²) in [6.07, 6.45) is 0. The molecule has 0 aliphatic carbocycles. The lowest BCUT2D eigenvalue weighted by Gasteiger charge is -2.14. The lowest BCUT2D eigenvalue weighted by atomic mass is 10.2. The van der Waals surface area contributed by atoms with Gasteiger partial charge in [-0.05, 0) is 52.4 Å². The van der Waals surface area contributed by atoms with Crippen molar-refractivity contribution in [1.29, 1.82) is 0 Å². The number of methoxy groups -OCH3 is 1. The Morgan fingerprint density at radius 3 is 2.53 bits per heavy atom. The average Bonchev–Trinajstić information content (AvgIpc) is 3.33. The first-order valence-electron chi connectivity index (χ1n) is 10.6. The molecule has 7 nitrogen and oxygen atoms in total. The minimum absolute atomic E-state index is 0.256. The largest absolute Gasteiger partial charge is 0.493 e. The smallest absolute Gasteiger partial charge is 0.214 e. The molecule has 3 aromatic carbocycles. The Balaban J connectivity index is 1.27. The van der Waals surface area contributed by atoms with Gasteiger partial charge in [-0.1, -0.05) is 65.3 Å². The lowest BCUT2D eigenvalue weighted by molar-refractivity contribution is 0.284. The molecule has 34 heavy (non-hydrogen) atoms. The monoisotopic (exact) mass is 515 g/mol. The van der Waals surface area contributed by atoms with Crippen LogP contribution in [0.5, 0.6) is 11.5 Å². The Labute approximate surface area is 212 Å². The van der Waals surface area contributed by atoms with E-state index < -0.39 is 0 Å². The molecule has 0 amide bonds. The van der Waals surface area contributed by atoms with Gasteiger partial charge in [0.1, 0.15) is 6.61 Å². The number of hydrogen-bond acceptors (Lipinski definition) is 7. The summed E-state index contributed by atoms with van der Waals surface area (Å²) < 4.78 is 13.2. The highest BCUT2D eigenvalue weighted by Crippen LogP contribution is 2.31. The zero-order valence-electron chi connectivity index (χ0n) is 18.4. The second-order valence-corrected chi connectivity index (χ2v) is 9.08. The Morgan fingerprint density at radius 2 is 1.76 bits per heavy atom. The van der Waals surface area contributed by atoms with Crippen molar-refractivity contribution in [3.05, 3.63) is 87.9 Å². The second-order valence-electron chi connectivity index (χ2n) is 7.21. The predicted octanol–water partition coefficient (Wildman–Crippen LogP) is 5.44. The fourth-order valence-corrected chi connectivity index (χ4v) is 4.50. The minimum atomic E-state index is 0.256. The first kappa shape index (κ1) is 24.3. The number of ether oxygens (including phenoxy) is 2. The van der Waals surface area contributed by atoms with E-state index in [-0.39, 0.29) is 6.61 Å². The lowest BCUT2D eigenvalue weighted by Crippen LogP contribution is -2.17. The van der Waals surface area contributed by atoms with E-state index in [0.717, 1.165) is 34.3 Å². The van der Waals surface area contributed by atoms with Gasteiger partial charge in [0.05, 0.1) is 12.8 Å². The number of rotatable bonds is 11. The summed E-state index contributed by atoms with van der Waals surface area (Å²) in [5, 5.41) is 17.3. The molecule has 10 heteroatoms. The average molecular weight is 516 g/mol. The van der Waals surface area contributed by atoms with Gasteiger partial charge in [-0.2, -0.15) is 4.68 Å². The van der Waals surface area contributed by atoms with Crippen LogP contribution in [0.15, 0.2) is 71.9 Å². The summed E-state index contributed by atoms with van der Waals surface area (Å²) in [6, 6.07) is 21.1. The highest BCUT2D eigenvalue weighted by molar-refractivity contribution is 7.99. The van der Waals surface area contributed by atoms with Gasteiger partial charge in [-0.3, -0.25) is 0 Å². The second kappa shape index (κ2) is 12.1. The molecular formula is C24H23Cl2N5O2S. The Hall–Kier alpha value is -2.78. The molecule has 4 rings (SSSR count). The maximum absolute atomic E-state index is 6.23. The highest BCUT2D eigenvalue weighted by atomic mass is 35.5. The van der Waals surface area contributed by atoms with E-state index in [1.54, 1.807) is 41.8 Å². The summed E-state index contributed by atoms with van der Waals surface area (Å²) in [6.45, 7) is 1.74. The first-order chi connectivity index (χ1) is 16.7. The van der Waals surface area contributed by atoms with E-state index >= 15 is 0 Å². The number of hydrogen-bond donors (Lipinski definition) is 1. The van der Waals surface area contributed by atoms with Crippen molar-refractivity contribution in [3.63, 3.8) is 0 Å². The van der Waals surface area contributed by atoms with E-state index in [2.05, 4.69) is 20.8 Å². The van der Waals surface area contributed by atoms with Crippen molar-refractivity contribution >= 4 is 35.0 Å². The van der Waals surface area contributed by atoms with Crippen LogP contribution in [0.3, 0.4) is 0 Å². The normalized spacial score (nSPS) is 10.9. The molecule has 1 aromatic heterocycles. The molecule has 0 fully saturated rings. The molecule has 0 saturated heterocycles. The summed E-state index contributed by atoms with van der Waals surface area (Å²) >= 11 is 14.1. The Kier molecular flexibility index (Phi) is 8.65. The SMILES string of the molecule is COc1cc(CNCCSc2nnnn2-c2ccccc2)ccc1OCc1c(Cl)cccc1Cl. The molecule has 0 unspecified atom stereocenters. The third-order valence-corrected chi connectivity index (χ3v) is 6.57. The topological polar surface area (TPSA) is 74.1 Å². The number of para-hydroxylation sites is 1. The molecule has 1 N–H and O–H groups in total. The maximum Gasteiger partial charge on any atom is 0.214 e. The molecule has 0 aliphatic heterocycles. The van der Waals surface area contributed by atoms with Gasteiger partial charge in [0.25, 0.3) is 0 Å². The van der Waals surface area contributed by atoms with Crippen LogP contribution in [0, 0.1) is 0 Å². The van der Waals surface area contributed by atoms with E-state index in [1.165, 1.54) is 0 Å². The van der Waals surface area contributed by atoms with Crippen molar-refractivity contribution in [2.45, 2.75) is 18.3 Å². The van der Waals surface area contributed by atoms with Gasteiger partial charge >= 0.3 is 0 Å². The fraction of sp³-hybridized carbons (Fsp3) is 0.208. The molecule has 176 valence electrons. The molecule has 0 saturated carbocycles. The van der Waals surface area contributed by atoms with Crippen LogP contribution in [0.25, 0.3) is 5.69 Å². The van der Waals surface area contributed by atoms with Gasteiger partial charge < -0.3 is 14.8 Å². The molecule has 0 spiro atoms. The first-order valence-corrected chi connectivity index (χ1v) is 12.3. The van der Waals surface area contributed by atoms with Crippen LogP contribution in [0.1, 0.15) is 11.1 Å². The third kappa shape index (κ3) is 6.21. The summed E-state index contributed by atoms with van der Waals surface area (Å²) in [5.74, 6) is 2.11. The molecule has 0 atom stereocenters. The number of nitrogens with zero attached hydrogens (tertiary/aromatic N) is 4. The van der Waals surface area contributed by atoms with Crippen LogP contribution in [-0.2, 0) is 13.2 Å². The molecule has 0 radical (unpaired) electrons. The summed E-state index contributed by atoms with van der Waals surface area (Å²) in [7, 11) is 1.62. The molecular weight excluding hydrogens is 493 g/mol. The number of benzene rings is 3. The van der Waals surface area contributed by atoms with Crippen molar-refractivity contribution in [2.24, 2.45) is 0 Å². The fourth-order valence-electron chi connectivity index (χ4n) is 3.21. The quantitative estimate of drug-likeness (QED) is 0.210. The Morgan fingerprint density at radius 1 is 0.971 bits per heavy atom. The van der Waals surface area contributed by atoms with Gasteiger partial charge in [-0.15, -0.1) is 5.10 Å². The van der Waals surface area contributed by atoms with Crippen molar-refractivity contribution in [1.82, 2.24) is 25.5 Å². The van der Waals surface area contributed by atoms with Crippen LogP contribution >= 0.6 is 35.0 Å². The summed E-state index contributed by atoms with van der Waals surface area (Å²) in [5.41, 5.74) is 2.77. The highest BCUT2D eigenvalue weighted by Gasteiger charge is 2.11. The summed E-state index contributed by atoms with van der Waals surface area (Å²) in [4.78, 5) is 0. The van der Waals surface area contributed by atoms with Gasteiger partial charge in [-0.25, -0.2) is 0 Å². The molecule has 0 aliphatic rings. The van der Waals surface area contributed by atoms with E-state index in [4.69, 9.17) is 32.7 Å². The number of aromatic nitrogens is 4. The third-order valence-electron chi connectivity index (χ3n) is 4.94. The zero-order chi connectivity index (χ0) is 23.8. The van der Waals surface area contributed by atoms with Crippen LogP contribution in [0.2, 0.25) is 10.0 Å². The zero-order valence-corrected chi connectivity index (χ0v) is 20.8. The van der Waals surface area contributed by atoms with Crippen LogP contribution in [0.4, 0.5) is 0 Å². The minimum Gasteiger partial charge on any atom is -0.493 e. The molecule has 4 aromatic rings. The van der Waals surface area contributed by atoms with E-state index in [0.29, 0.717) is 28.1 Å². The maximum atomic E-state index is 6.23. The van der Waals surface area contributed by atoms with Gasteiger partial charge in [0.15, 0.2) is 11.5 Å². The van der Waals surface area contributed by atoms with Gasteiger partial charge in [0.2, 0.25) is 5.16 Å². The predicted molar refractivity (Wildman–Crippen MR) is 135 cm³/mol. The van der Waals surface area contributed by atoms with Gasteiger partial charge in [0, 0.05) is 34.5 Å². The van der Waals surface area contributed by atoms with Crippen LogP contribution in [-0.4, -0.2) is 39.6 Å². The van der Waals surface area contributed by atoms with E-state index in [9.17, 15) is 0 Å². The van der Waals surface area contributed by atoms with Crippen LogP contribution < -0.4 is 14.8 Å². The number of tetrazole rings is 1. The van der Waals surface area contributed by atoms with Crippen molar-refractivity contribution in [2.75, 3.05) is 19.4 Å². The number of thioether (sulfide) groups is 1. The molecule has 0 bridgehead atoms. The number of halogens is 2. The van der Waals surface area contributed by atoms with Crippen molar-refractivity contribution in [3.8, 4) is 17.2 Å². The van der Waals surface area contributed by atoms with E-state index in [1.807, 2.05) is 48.5 Å².